The van der Waals surface area contributed by atoms with Crippen LogP contribution in [0.4, 0.5) is 0 Å². The molecule has 2 unspecified atom stereocenters. The lowest BCUT2D eigenvalue weighted by atomic mass is 9.89. The molecule has 0 saturated carbocycles. The van der Waals surface area contributed by atoms with Crippen LogP contribution in [0.25, 0.3) is 0 Å². The van der Waals surface area contributed by atoms with Crippen molar-refractivity contribution in [3.05, 3.63) is 0 Å². The van der Waals surface area contributed by atoms with Gasteiger partial charge in [0.2, 0.25) is 5.91 Å². The molecule has 3 heteroatoms. The zero-order chi connectivity index (χ0) is 9.30. The Morgan fingerprint density at radius 2 is 2.25 bits per heavy atom. The molecule has 0 bridgehead atoms. The van der Waals surface area contributed by atoms with Crippen molar-refractivity contribution in [1.82, 2.24) is 5.06 Å². The summed E-state index contributed by atoms with van der Waals surface area (Å²) in [6, 6.07) is 0. The number of hydrogen-bond acceptors (Lipinski definition) is 2. The molecule has 1 N–H and O–H groups in total. The molecule has 0 aromatic rings. The average Bonchev–Trinajstić information content (AvgIpc) is 2.17. The Balaban J connectivity index is 2.53. The second kappa shape index (κ2) is 3.44. The molecule has 1 saturated heterocycles. The van der Waals surface area contributed by atoms with Crippen molar-refractivity contribution in [2.45, 2.75) is 27.2 Å². The Labute approximate surface area is 73.3 Å². The molecule has 1 heterocycles. The molecule has 0 aromatic heterocycles. The van der Waals surface area contributed by atoms with Crippen LogP contribution in [-0.2, 0) is 4.79 Å². The number of amides is 1. The van der Waals surface area contributed by atoms with Gasteiger partial charge in [-0.3, -0.25) is 10.0 Å². The molecule has 1 fully saturated rings. The van der Waals surface area contributed by atoms with Crippen LogP contribution in [0.3, 0.4) is 0 Å². The van der Waals surface area contributed by atoms with Crippen molar-refractivity contribution < 1.29 is 10.0 Å². The highest BCUT2D eigenvalue weighted by Gasteiger charge is 2.36. The largest absolute Gasteiger partial charge is 0.286 e. The number of hydrogen-bond donors (Lipinski definition) is 1. The topological polar surface area (TPSA) is 40.5 Å². The molecule has 0 radical (unpaired) electrons. The lowest BCUT2D eigenvalue weighted by molar-refractivity contribution is -0.159. The normalized spacial score (nSPS) is 30.4. The minimum Gasteiger partial charge on any atom is -0.286 e. The first kappa shape index (κ1) is 9.52. The van der Waals surface area contributed by atoms with Crippen LogP contribution >= 0.6 is 0 Å². The standard InChI is InChI=1S/C9H17NO2/c1-6(2)4-8-5-10(12)9(11)7(8)3/h6-8,12H,4-5H2,1-3H3. The second-order valence-corrected chi connectivity index (χ2v) is 4.10. The van der Waals surface area contributed by atoms with Gasteiger partial charge in [-0.15, -0.1) is 0 Å². The van der Waals surface area contributed by atoms with Crippen LogP contribution in [0.1, 0.15) is 27.2 Å². The Morgan fingerprint density at radius 1 is 1.67 bits per heavy atom. The van der Waals surface area contributed by atoms with Crippen LogP contribution in [-0.4, -0.2) is 22.7 Å². The van der Waals surface area contributed by atoms with Gasteiger partial charge >= 0.3 is 0 Å². The van der Waals surface area contributed by atoms with Crippen LogP contribution in [0.5, 0.6) is 0 Å². The van der Waals surface area contributed by atoms with Gasteiger partial charge in [0.05, 0.1) is 6.54 Å². The van der Waals surface area contributed by atoms with E-state index in [1.54, 1.807) is 0 Å². The van der Waals surface area contributed by atoms with E-state index in [9.17, 15) is 4.79 Å². The van der Waals surface area contributed by atoms with Crippen LogP contribution in [0.2, 0.25) is 0 Å². The van der Waals surface area contributed by atoms with Gasteiger partial charge in [0.1, 0.15) is 0 Å². The van der Waals surface area contributed by atoms with Crippen molar-refractivity contribution >= 4 is 5.91 Å². The summed E-state index contributed by atoms with van der Waals surface area (Å²) >= 11 is 0. The maximum Gasteiger partial charge on any atom is 0.249 e. The average molecular weight is 171 g/mol. The van der Waals surface area contributed by atoms with Gasteiger partial charge in [0, 0.05) is 5.92 Å². The fraction of sp³-hybridized carbons (Fsp3) is 0.889. The summed E-state index contributed by atoms with van der Waals surface area (Å²) in [7, 11) is 0. The minimum atomic E-state index is -0.124. The molecular formula is C9H17NO2. The maximum absolute atomic E-state index is 11.2. The third kappa shape index (κ3) is 1.78. The number of hydroxylamine groups is 2. The van der Waals surface area contributed by atoms with E-state index in [-0.39, 0.29) is 11.8 Å². The summed E-state index contributed by atoms with van der Waals surface area (Å²) in [5, 5.41) is 9.99. The highest BCUT2D eigenvalue weighted by atomic mass is 16.5. The first-order chi connectivity index (χ1) is 5.52. The Morgan fingerprint density at radius 3 is 2.58 bits per heavy atom. The van der Waals surface area contributed by atoms with Crippen LogP contribution < -0.4 is 0 Å². The van der Waals surface area contributed by atoms with E-state index in [4.69, 9.17) is 5.21 Å². The summed E-state index contributed by atoms with van der Waals surface area (Å²) in [5.74, 6) is 0.803. The summed E-state index contributed by atoms with van der Waals surface area (Å²) < 4.78 is 0. The molecule has 1 rings (SSSR count). The van der Waals surface area contributed by atoms with Gasteiger partial charge in [-0.05, 0) is 18.3 Å². The molecule has 2 atom stereocenters. The van der Waals surface area contributed by atoms with Crippen molar-refractivity contribution in [2.24, 2.45) is 17.8 Å². The van der Waals surface area contributed by atoms with Gasteiger partial charge in [0.25, 0.3) is 0 Å². The molecule has 12 heavy (non-hydrogen) atoms. The smallest absolute Gasteiger partial charge is 0.249 e. The first-order valence-corrected chi connectivity index (χ1v) is 4.52. The van der Waals surface area contributed by atoms with Crippen molar-refractivity contribution in [2.75, 3.05) is 6.54 Å². The van der Waals surface area contributed by atoms with E-state index in [0.717, 1.165) is 11.5 Å². The predicted molar refractivity (Wildman–Crippen MR) is 45.6 cm³/mol. The van der Waals surface area contributed by atoms with Gasteiger partial charge in [0.15, 0.2) is 0 Å². The Hall–Kier alpha value is -0.570. The number of carbonyl (C=O) groups is 1. The number of rotatable bonds is 2. The second-order valence-electron chi connectivity index (χ2n) is 4.10. The zero-order valence-electron chi connectivity index (χ0n) is 7.95. The molecule has 70 valence electrons. The number of carbonyl (C=O) groups excluding carboxylic acids is 1. The third-order valence-corrected chi connectivity index (χ3v) is 2.53. The van der Waals surface area contributed by atoms with E-state index in [0.29, 0.717) is 18.4 Å². The van der Waals surface area contributed by atoms with E-state index >= 15 is 0 Å². The molecule has 3 nitrogen and oxygen atoms in total. The quantitative estimate of drug-likeness (QED) is 0.640. The molecule has 1 aliphatic heterocycles. The van der Waals surface area contributed by atoms with Crippen molar-refractivity contribution in [1.29, 1.82) is 0 Å². The van der Waals surface area contributed by atoms with E-state index in [1.165, 1.54) is 0 Å². The van der Waals surface area contributed by atoms with E-state index < -0.39 is 0 Å². The summed E-state index contributed by atoms with van der Waals surface area (Å²) in [6.45, 7) is 6.68. The first-order valence-electron chi connectivity index (χ1n) is 4.52. The van der Waals surface area contributed by atoms with Crippen molar-refractivity contribution in [3.8, 4) is 0 Å². The summed E-state index contributed by atoms with van der Waals surface area (Å²) in [4.78, 5) is 11.2. The molecule has 0 aromatic carbocycles. The van der Waals surface area contributed by atoms with Crippen LogP contribution in [0, 0.1) is 17.8 Å². The zero-order valence-corrected chi connectivity index (χ0v) is 7.95. The monoisotopic (exact) mass is 171 g/mol. The summed E-state index contributed by atoms with van der Waals surface area (Å²) in [6.07, 6.45) is 1.02. The highest BCUT2D eigenvalue weighted by molar-refractivity contribution is 5.79. The fourth-order valence-corrected chi connectivity index (χ4v) is 1.79. The maximum atomic E-state index is 11.2. The molecule has 1 aliphatic rings. The van der Waals surface area contributed by atoms with Gasteiger partial charge in [-0.25, -0.2) is 5.06 Å². The predicted octanol–water partition coefficient (Wildman–Crippen LogP) is 1.52. The lowest BCUT2D eigenvalue weighted by Gasteiger charge is -2.13. The Bertz CT molecular complexity index is 179. The summed E-state index contributed by atoms with van der Waals surface area (Å²) in [5.41, 5.74) is 0. The van der Waals surface area contributed by atoms with E-state index in [2.05, 4.69) is 13.8 Å². The van der Waals surface area contributed by atoms with Crippen LogP contribution in [0.15, 0.2) is 0 Å². The third-order valence-electron chi connectivity index (χ3n) is 2.53. The molecule has 0 aliphatic carbocycles. The molecule has 0 spiro atoms. The highest BCUT2D eigenvalue weighted by Crippen LogP contribution is 2.28. The van der Waals surface area contributed by atoms with Crippen molar-refractivity contribution in [3.63, 3.8) is 0 Å². The van der Waals surface area contributed by atoms with Gasteiger partial charge in [-0.2, -0.15) is 0 Å². The fourth-order valence-electron chi connectivity index (χ4n) is 1.79. The lowest BCUT2D eigenvalue weighted by Crippen LogP contribution is -2.21. The molecular weight excluding hydrogens is 154 g/mol. The number of nitrogens with zero attached hydrogens (tertiary/aromatic N) is 1. The van der Waals surface area contributed by atoms with Gasteiger partial charge < -0.3 is 0 Å². The van der Waals surface area contributed by atoms with E-state index in [1.807, 2.05) is 6.92 Å². The van der Waals surface area contributed by atoms with Gasteiger partial charge in [-0.1, -0.05) is 20.8 Å². The minimum absolute atomic E-state index is 0.00241. The molecule has 1 amide bonds. The Kier molecular flexibility index (Phi) is 2.73. The SMILES string of the molecule is CC(C)CC1CN(O)C(=O)C1C.